The predicted octanol–water partition coefficient (Wildman–Crippen LogP) is 3.52. The molecule has 0 bridgehead atoms. The molecule has 3 N–H and O–H groups in total. The predicted molar refractivity (Wildman–Crippen MR) is 88.3 cm³/mol. The lowest BCUT2D eigenvalue weighted by atomic mass is 10.1. The highest BCUT2D eigenvalue weighted by Crippen LogP contribution is 2.24. The molecule has 0 aliphatic rings. The normalized spacial score (nSPS) is 12.3. The van der Waals surface area contributed by atoms with Crippen LogP contribution in [0.15, 0.2) is 23.6 Å². The number of aromatic nitrogens is 3. The first-order valence-corrected chi connectivity index (χ1v) is 7.81. The number of hydrogen-bond acceptors (Lipinski definition) is 4. The molecule has 22 heavy (non-hydrogen) atoms. The Morgan fingerprint density at radius 1 is 1.36 bits per heavy atom. The molecule has 0 radical (unpaired) electrons. The minimum atomic E-state index is -0.259. The van der Waals surface area contributed by atoms with Gasteiger partial charge in [-0.2, -0.15) is 0 Å². The molecule has 0 saturated heterocycles. The Hall–Kier alpha value is -2.41. The number of carbonyl (C=O) groups excluding carboxylic acids is 1. The molecule has 2 aromatic heterocycles. The van der Waals surface area contributed by atoms with Gasteiger partial charge < -0.3 is 15.6 Å². The molecule has 0 fully saturated rings. The fraction of sp³-hybridized carbons (Fsp3) is 0.267. The van der Waals surface area contributed by atoms with E-state index in [4.69, 9.17) is 0 Å². The standard InChI is InChI=1S/C15H17N5OS/c1-8-9(2)16-13-5-4-11(6-12(8)13)18-15(21)17-10(3)14-7-22-20-19-14/h4-7,10,16H,1-3H3,(H2,17,18,21). The average Bonchev–Trinajstić information content (AvgIpc) is 3.10. The highest BCUT2D eigenvalue weighted by Gasteiger charge is 2.12. The Labute approximate surface area is 132 Å². The topological polar surface area (TPSA) is 82.7 Å². The van der Waals surface area contributed by atoms with Crippen molar-refractivity contribution in [3.05, 3.63) is 40.5 Å². The first-order valence-electron chi connectivity index (χ1n) is 6.98. The van der Waals surface area contributed by atoms with Crippen molar-refractivity contribution in [3.8, 4) is 0 Å². The Bertz CT molecular complexity index is 809. The number of aromatic amines is 1. The highest BCUT2D eigenvalue weighted by molar-refractivity contribution is 7.03. The third kappa shape index (κ3) is 2.80. The van der Waals surface area contributed by atoms with Gasteiger partial charge in [-0.25, -0.2) is 4.79 Å². The third-order valence-electron chi connectivity index (χ3n) is 3.73. The molecule has 1 atom stereocenters. The van der Waals surface area contributed by atoms with Crippen LogP contribution in [0.1, 0.15) is 29.9 Å². The van der Waals surface area contributed by atoms with E-state index in [0.717, 1.165) is 28.0 Å². The fourth-order valence-electron chi connectivity index (χ4n) is 2.34. The van der Waals surface area contributed by atoms with Crippen molar-refractivity contribution < 1.29 is 4.79 Å². The summed E-state index contributed by atoms with van der Waals surface area (Å²) in [4.78, 5) is 15.4. The molecule has 2 amide bonds. The van der Waals surface area contributed by atoms with Gasteiger partial charge in [0.15, 0.2) is 0 Å². The third-order valence-corrected chi connectivity index (χ3v) is 4.26. The summed E-state index contributed by atoms with van der Waals surface area (Å²) < 4.78 is 3.80. The van der Waals surface area contributed by atoms with Crippen molar-refractivity contribution in [2.24, 2.45) is 0 Å². The molecule has 1 unspecified atom stereocenters. The highest BCUT2D eigenvalue weighted by atomic mass is 32.1. The van der Waals surface area contributed by atoms with Gasteiger partial charge in [-0.15, -0.1) is 5.10 Å². The van der Waals surface area contributed by atoms with Gasteiger partial charge in [-0.05, 0) is 56.1 Å². The quantitative estimate of drug-likeness (QED) is 0.691. The average molecular weight is 315 g/mol. The van der Waals surface area contributed by atoms with Gasteiger partial charge >= 0.3 is 6.03 Å². The minimum absolute atomic E-state index is 0.182. The lowest BCUT2D eigenvalue weighted by Crippen LogP contribution is -2.31. The van der Waals surface area contributed by atoms with Crippen LogP contribution in [0.2, 0.25) is 0 Å². The van der Waals surface area contributed by atoms with E-state index < -0.39 is 0 Å². The van der Waals surface area contributed by atoms with Gasteiger partial charge in [-0.1, -0.05) is 4.49 Å². The van der Waals surface area contributed by atoms with Crippen LogP contribution in [0.3, 0.4) is 0 Å². The first kappa shape index (κ1) is 14.5. The number of aryl methyl sites for hydroxylation is 2. The van der Waals surface area contributed by atoms with Crippen molar-refractivity contribution in [1.29, 1.82) is 0 Å². The van der Waals surface area contributed by atoms with E-state index in [1.54, 1.807) is 0 Å². The number of rotatable bonds is 3. The number of anilines is 1. The van der Waals surface area contributed by atoms with Crippen molar-refractivity contribution in [3.63, 3.8) is 0 Å². The molecule has 0 aliphatic carbocycles. The summed E-state index contributed by atoms with van der Waals surface area (Å²) in [6.07, 6.45) is 0. The maximum absolute atomic E-state index is 12.1. The maximum atomic E-state index is 12.1. The number of benzene rings is 1. The summed E-state index contributed by atoms with van der Waals surface area (Å²) >= 11 is 1.27. The number of H-pyrrole nitrogens is 1. The van der Waals surface area contributed by atoms with Crippen molar-refractivity contribution in [2.45, 2.75) is 26.8 Å². The van der Waals surface area contributed by atoms with E-state index in [1.807, 2.05) is 37.4 Å². The lowest BCUT2D eigenvalue weighted by molar-refractivity contribution is 0.249. The second-order valence-electron chi connectivity index (χ2n) is 5.29. The van der Waals surface area contributed by atoms with Gasteiger partial charge in [0.05, 0.1) is 11.7 Å². The molecule has 0 aliphatic heterocycles. The number of urea groups is 1. The Balaban J connectivity index is 1.72. The Kier molecular flexibility index (Phi) is 3.81. The number of fused-ring (bicyclic) bond motifs is 1. The summed E-state index contributed by atoms with van der Waals surface area (Å²) in [7, 11) is 0. The SMILES string of the molecule is Cc1[nH]c2ccc(NC(=O)NC(C)c3csnn3)cc2c1C. The van der Waals surface area contributed by atoms with E-state index in [0.29, 0.717) is 0 Å². The van der Waals surface area contributed by atoms with Crippen LogP contribution in [-0.2, 0) is 0 Å². The molecule has 0 saturated carbocycles. The number of hydrogen-bond donors (Lipinski definition) is 3. The first-order chi connectivity index (χ1) is 10.5. The summed E-state index contributed by atoms with van der Waals surface area (Å²) in [5, 5.41) is 12.6. The van der Waals surface area contributed by atoms with Crippen LogP contribution in [0.5, 0.6) is 0 Å². The molecule has 114 valence electrons. The van der Waals surface area contributed by atoms with Crippen molar-refractivity contribution in [1.82, 2.24) is 19.9 Å². The van der Waals surface area contributed by atoms with Gasteiger partial charge in [0, 0.05) is 27.7 Å². The molecule has 2 heterocycles. The largest absolute Gasteiger partial charge is 0.358 e. The molecule has 6 nitrogen and oxygen atoms in total. The van der Waals surface area contributed by atoms with Gasteiger partial charge in [0.2, 0.25) is 0 Å². The molecule has 1 aromatic carbocycles. The number of nitrogens with zero attached hydrogens (tertiary/aromatic N) is 2. The fourth-order valence-corrected chi connectivity index (χ4v) is 2.89. The van der Waals surface area contributed by atoms with Gasteiger partial charge in [0.1, 0.15) is 0 Å². The van der Waals surface area contributed by atoms with Crippen LogP contribution in [0.25, 0.3) is 10.9 Å². The van der Waals surface area contributed by atoms with E-state index >= 15 is 0 Å². The molecular formula is C15H17N5OS. The summed E-state index contributed by atoms with van der Waals surface area (Å²) in [6, 6.07) is 5.39. The minimum Gasteiger partial charge on any atom is -0.358 e. The van der Waals surface area contributed by atoms with Crippen LogP contribution >= 0.6 is 11.5 Å². The van der Waals surface area contributed by atoms with E-state index in [-0.39, 0.29) is 12.1 Å². The monoisotopic (exact) mass is 315 g/mol. The molecule has 3 aromatic rings. The summed E-state index contributed by atoms with van der Waals surface area (Å²) in [5.74, 6) is 0. The second-order valence-corrected chi connectivity index (χ2v) is 5.90. The van der Waals surface area contributed by atoms with Crippen LogP contribution in [0, 0.1) is 13.8 Å². The van der Waals surface area contributed by atoms with E-state index in [2.05, 4.69) is 32.1 Å². The van der Waals surface area contributed by atoms with Crippen molar-refractivity contribution >= 4 is 34.2 Å². The van der Waals surface area contributed by atoms with Crippen LogP contribution in [0.4, 0.5) is 10.5 Å². The number of nitrogens with one attached hydrogen (secondary N) is 3. The zero-order chi connectivity index (χ0) is 15.7. The Morgan fingerprint density at radius 3 is 2.91 bits per heavy atom. The van der Waals surface area contributed by atoms with Gasteiger partial charge in [-0.3, -0.25) is 0 Å². The molecule has 0 spiro atoms. The zero-order valence-electron chi connectivity index (χ0n) is 12.6. The molecule has 3 rings (SSSR count). The van der Waals surface area contributed by atoms with Gasteiger partial charge in [0.25, 0.3) is 0 Å². The summed E-state index contributed by atoms with van der Waals surface area (Å²) in [5.41, 5.74) is 4.92. The lowest BCUT2D eigenvalue weighted by Gasteiger charge is -2.12. The zero-order valence-corrected chi connectivity index (χ0v) is 13.4. The molecule has 7 heteroatoms. The smallest absolute Gasteiger partial charge is 0.319 e. The van der Waals surface area contributed by atoms with Crippen LogP contribution in [-0.4, -0.2) is 20.6 Å². The number of carbonyl (C=O) groups is 1. The van der Waals surface area contributed by atoms with E-state index in [9.17, 15) is 4.79 Å². The second kappa shape index (κ2) is 5.76. The molecular weight excluding hydrogens is 298 g/mol. The Morgan fingerprint density at radius 2 is 2.18 bits per heavy atom. The maximum Gasteiger partial charge on any atom is 0.319 e. The number of amides is 2. The summed E-state index contributed by atoms with van der Waals surface area (Å²) in [6.45, 7) is 5.98. The van der Waals surface area contributed by atoms with Crippen molar-refractivity contribution in [2.75, 3.05) is 5.32 Å². The van der Waals surface area contributed by atoms with Crippen LogP contribution < -0.4 is 10.6 Å². The van der Waals surface area contributed by atoms with E-state index in [1.165, 1.54) is 17.1 Å².